The molecule has 0 aliphatic carbocycles. The van der Waals surface area contributed by atoms with E-state index >= 15 is 0 Å². The molecule has 2 N–H and O–H groups in total. The van der Waals surface area contributed by atoms with Crippen LogP contribution in [0, 0.1) is 5.41 Å². The predicted molar refractivity (Wildman–Crippen MR) is 40.3 cm³/mol. The molecule has 0 unspecified atom stereocenters. The van der Waals surface area contributed by atoms with Crippen LogP contribution >= 0.6 is 0 Å². The van der Waals surface area contributed by atoms with Crippen molar-refractivity contribution in [2.24, 2.45) is 0 Å². The fraction of sp³-hybridized carbons (Fsp3) is 0.571. The Bertz CT molecular complexity index is 150. The molecule has 56 valence electrons. The average Bonchev–Trinajstić information content (AvgIpc) is 1.84. The Morgan fingerprint density at radius 3 is 2.80 bits per heavy atom. The van der Waals surface area contributed by atoms with Crippen LogP contribution in [-0.4, -0.2) is 25.5 Å². The minimum atomic E-state index is 0.467. The standard InChI is InChI=1S/C7H12N2O/c1-6(2-8)3-9-7-4-10-5-7/h2-3,7-9H,4-5H2,1H3/b6-3-,8-2?. The van der Waals surface area contributed by atoms with Gasteiger partial charge in [-0.3, -0.25) is 0 Å². The fourth-order valence-corrected chi connectivity index (χ4v) is 0.623. The zero-order valence-electron chi connectivity index (χ0n) is 6.05. The van der Waals surface area contributed by atoms with E-state index in [1.807, 2.05) is 13.1 Å². The first-order valence-corrected chi connectivity index (χ1v) is 3.34. The van der Waals surface area contributed by atoms with E-state index < -0.39 is 0 Å². The van der Waals surface area contributed by atoms with E-state index in [2.05, 4.69) is 5.32 Å². The molecule has 0 bridgehead atoms. The molecule has 0 saturated carbocycles. The third-order valence-electron chi connectivity index (χ3n) is 1.41. The van der Waals surface area contributed by atoms with Crippen LogP contribution < -0.4 is 5.32 Å². The summed E-state index contributed by atoms with van der Waals surface area (Å²) in [5.41, 5.74) is 0.937. The molecule has 1 aliphatic heterocycles. The Morgan fingerprint density at radius 1 is 1.70 bits per heavy atom. The molecule has 0 amide bonds. The second-order valence-corrected chi connectivity index (χ2v) is 2.43. The van der Waals surface area contributed by atoms with Gasteiger partial charge in [-0.25, -0.2) is 0 Å². The Balaban J connectivity index is 2.18. The highest BCUT2D eigenvalue weighted by atomic mass is 16.5. The van der Waals surface area contributed by atoms with E-state index in [4.69, 9.17) is 10.1 Å². The molecule has 3 heteroatoms. The molecule has 1 fully saturated rings. The molecule has 1 aliphatic rings. The second kappa shape index (κ2) is 3.37. The summed E-state index contributed by atoms with van der Waals surface area (Å²) in [6.45, 7) is 3.48. The van der Waals surface area contributed by atoms with E-state index in [9.17, 15) is 0 Å². The highest BCUT2D eigenvalue weighted by molar-refractivity contribution is 5.74. The Labute approximate surface area is 60.6 Å². The molecular formula is C7H12N2O. The van der Waals surface area contributed by atoms with Crippen molar-refractivity contribution in [1.29, 1.82) is 5.41 Å². The third-order valence-corrected chi connectivity index (χ3v) is 1.41. The summed E-state index contributed by atoms with van der Waals surface area (Å²) in [6.07, 6.45) is 3.17. The zero-order chi connectivity index (χ0) is 7.40. The Hall–Kier alpha value is -0.830. The fourth-order valence-electron chi connectivity index (χ4n) is 0.623. The topological polar surface area (TPSA) is 45.1 Å². The minimum absolute atomic E-state index is 0.467. The minimum Gasteiger partial charge on any atom is -0.383 e. The molecule has 1 heterocycles. The third kappa shape index (κ3) is 1.84. The summed E-state index contributed by atoms with van der Waals surface area (Å²) in [5, 5.41) is 9.99. The summed E-state index contributed by atoms with van der Waals surface area (Å²) in [5.74, 6) is 0. The highest BCUT2D eigenvalue weighted by Crippen LogP contribution is 1.99. The summed E-state index contributed by atoms with van der Waals surface area (Å²) in [4.78, 5) is 0. The van der Waals surface area contributed by atoms with Crippen molar-refractivity contribution in [1.82, 2.24) is 5.32 Å². The maximum atomic E-state index is 6.86. The van der Waals surface area contributed by atoms with Crippen LogP contribution in [0.15, 0.2) is 11.8 Å². The first kappa shape index (κ1) is 7.28. The summed E-state index contributed by atoms with van der Waals surface area (Å²) in [7, 11) is 0. The van der Waals surface area contributed by atoms with Crippen LogP contribution in [0.25, 0.3) is 0 Å². The smallest absolute Gasteiger partial charge is 0.0723 e. The van der Waals surface area contributed by atoms with Gasteiger partial charge < -0.3 is 15.5 Å². The number of rotatable bonds is 3. The molecule has 0 aromatic heterocycles. The van der Waals surface area contributed by atoms with E-state index in [0.717, 1.165) is 18.8 Å². The number of hydrogen-bond acceptors (Lipinski definition) is 3. The quantitative estimate of drug-likeness (QED) is 0.561. The van der Waals surface area contributed by atoms with Crippen molar-refractivity contribution in [3.05, 3.63) is 11.8 Å². The van der Waals surface area contributed by atoms with Gasteiger partial charge in [-0.1, -0.05) is 0 Å². The van der Waals surface area contributed by atoms with Crippen molar-refractivity contribution in [3.63, 3.8) is 0 Å². The highest BCUT2D eigenvalue weighted by Gasteiger charge is 2.15. The molecule has 3 nitrogen and oxygen atoms in total. The molecule has 0 atom stereocenters. The van der Waals surface area contributed by atoms with Crippen LogP contribution in [0.4, 0.5) is 0 Å². The monoisotopic (exact) mass is 140 g/mol. The van der Waals surface area contributed by atoms with E-state index in [-0.39, 0.29) is 0 Å². The van der Waals surface area contributed by atoms with Gasteiger partial charge in [0.15, 0.2) is 0 Å². The Kier molecular flexibility index (Phi) is 2.45. The van der Waals surface area contributed by atoms with Crippen molar-refractivity contribution >= 4 is 6.21 Å². The number of nitrogens with one attached hydrogen (secondary N) is 2. The van der Waals surface area contributed by atoms with Gasteiger partial charge in [-0.2, -0.15) is 0 Å². The van der Waals surface area contributed by atoms with Crippen LogP contribution in [0.2, 0.25) is 0 Å². The second-order valence-electron chi connectivity index (χ2n) is 2.43. The van der Waals surface area contributed by atoms with Crippen LogP contribution in [0.3, 0.4) is 0 Å². The first-order chi connectivity index (χ1) is 4.83. The number of ether oxygens (including phenoxy) is 1. The first-order valence-electron chi connectivity index (χ1n) is 3.34. The van der Waals surface area contributed by atoms with Crippen LogP contribution in [0.5, 0.6) is 0 Å². The van der Waals surface area contributed by atoms with Gasteiger partial charge >= 0.3 is 0 Å². The lowest BCUT2D eigenvalue weighted by Crippen LogP contribution is -2.43. The summed E-state index contributed by atoms with van der Waals surface area (Å²) in [6, 6.07) is 0.467. The molecule has 1 rings (SSSR count). The lowest BCUT2D eigenvalue weighted by molar-refractivity contribution is 0.000718. The van der Waals surface area contributed by atoms with Crippen molar-refractivity contribution in [3.8, 4) is 0 Å². The van der Waals surface area contributed by atoms with Crippen molar-refractivity contribution < 1.29 is 4.74 Å². The molecule has 0 radical (unpaired) electrons. The number of allylic oxidation sites excluding steroid dienone is 1. The van der Waals surface area contributed by atoms with E-state index in [0.29, 0.717) is 6.04 Å². The summed E-state index contributed by atoms with van der Waals surface area (Å²) >= 11 is 0. The lowest BCUT2D eigenvalue weighted by atomic mass is 10.2. The van der Waals surface area contributed by atoms with Gasteiger partial charge in [0.25, 0.3) is 0 Å². The normalized spacial score (nSPS) is 19.9. The maximum absolute atomic E-state index is 6.86. The SMILES string of the molecule is C/C(C=N)=C/NC1COC1. The van der Waals surface area contributed by atoms with Crippen LogP contribution in [-0.2, 0) is 4.74 Å². The van der Waals surface area contributed by atoms with Gasteiger partial charge in [-0.15, -0.1) is 0 Å². The van der Waals surface area contributed by atoms with Crippen LogP contribution in [0.1, 0.15) is 6.92 Å². The van der Waals surface area contributed by atoms with E-state index in [1.54, 1.807) is 0 Å². The van der Waals surface area contributed by atoms with Crippen molar-refractivity contribution in [2.75, 3.05) is 13.2 Å². The zero-order valence-corrected chi connectivity index (χ0v) is 6.05. The Morgan fingerprint density at radius 2 is 2.40 bits per heavy atom. The van der Waals surface area contributed by atoms with Gasteiger partial charge in [-0.05, 0) is 12.5 Å². The average molecular weight is 140 g/mol. The van der Waals surface area contributed by atoms with Gasteiger partial charge in [0.05, 0.1) is 19.3 Å². The van der Waals surface area contributed by atoms with Gasteiger partial charge in [0, 0.05) is 12.4 Å². The lowest BCUT2D eigenvalue weighted by Gasteiger charge is -2.26. The van der Waals surface area contributed by atoms with E-state index in [1.165, 1.54) is 6.21 Å². The molecule has 0 spiro atoms. The van der Waals surface area contributed by atoms with Crippen molar-refractivity contribution in [2.45, 2.75) is 13.0 Å². The number of hydrogen-bond donors (Lipinski definition) is 2. The molecule has 10 heavy (non-hydrogen) atoms. The van der Waals surface area contributed by atoms with Gasteiger partial charge in [0.2, 0.25) is 0 Å². The predicted octanol–water partition coefficient (Wildman–Crippen LogP) is 0.528. The molecule has 1 saturated heterocycles. The molecular weight excluding hydrogens is 128 g/mol. The largest absolute Gasteiger partial charge is 0.383 e. The molecule has 0 aromatic carbocycles. The summed E-state index contributed by atoms with van der Waals surface area (Å²) < 4.78 is 4.95. The molecule has 0 aromatic rings. The maximum Gasteiger partial charge on any atom is 0.0723 e. The van der Waals surface area contributed by atoms with Gasteiger partial charge in [0.1, 0.15) is 0 Å².